The van der Waals surface area contributed by atoms with Crippen LogP contribution in [-0.4, -0.2) is 22.9 Å². The Labute approximate surface area is 67.2 Å². The summed E-state index contributed by atoms with van der Waals surface area (Å²) in [6.45, 7) is 8.81. The second-order valence-corrected chi connectivity index (χ2v) is 1.99. The van der Waals surface area contributed by atoms with Gasteiger partial charge in [-0.05, 0) is 0 Å². The normalized spacial score (nSPS) is 7.45. The maximum Gasteiger partial charge on any atom is 0.692 e. The van der Waals surface area contributed by atoms with Crippen LogP contribution in [0.1, 0.15) is 0 Å². The smallest absolute Gasteiger partial charge is 0.310 e. The van der Waals surface area contributed by atoms with Crippen molar-refractivity contribution in [2.75, 3.05) is 13.1 Å². The zero-order valence-electron chi connectivity index (χ0n) is 6.23. The topological polar surface area (TPSA) is 69.6 Å². The Morgan fingerprint density at radius 1 is 1.27 bits per heavy atom. The minimum Gasteiger partial charge on any atom is -0.310 e. The number of hydrogen-bond acceptors (Lipinski definition) is 2. The lowest BCUT2D eigenvalue weighted by atomic mass is 10.5. The molecule has 11 heavy (non-hydrogen) atoms. The van der Waals surface area contributed by atoms with Gasteiger partial charge in [0.1, 0.15) is 0 Å². The largest absolute Gasteiger partial charge is 0.692 e. The molecule has 3 N–H and O–H groups in total. The van der Waals surface area contributed by atoms with E-state index in [9.17, 15) is 0 Å². The molecule has 0 unspecified atom stereocenters. The lowest BCUT2D eigenvalue weighted by Gasteiger charge is -1.90. The molecule has 0 fully saturated rings. The van der Waals surface area contributed by atoms with Crippen molar-refractivity contribution in [1.29, 1.82) is 0 Å². The van der Waals surface area contributed by atoms with Gasteiger partial charge in [-0.15, -0.1) is 22.9 Å². The minimum absolute atomic E-state index is 0.867. The molecule has 0 aromatic carbocycles. The van der Waals surface area contributed by atoms with Crippen LogP contribution in [0.15, 0.2) is 25.3 Å². The van der Waals surface area contributed by atoms with Crippen molar-refractivity contribution >= 4 is 8.25 Å². The molecule has 0 aromatic heterocycles. The van der Waals surface area contributed by atoms with Gasteiger partial charge in [0.15, 0.2) is 0 Å². The molecule has 0 rings (SSSR count). The fraction of sp³-hybridized carbons (Fsp3) is 0.333. The van der Waals surface area contributed by atoms with Gasteiger partial charge in [-0.25, -0.2) is 0 Å². The van der Waals surface area contributed by atoms with Crippen LogP contribution >= 0.6 is 8.25 Å². The van der Waals surface area contributed by atoms with Crippen LogP contribution in [0.4, 0.5) is 0 Å². The Bertz CT molecular complexity index is 115. The summed E-state index contributed by atoms with van der Waals surface area (Å²) < 4.78 is 8.70. The van der Waals surface area contributed by atoms with Crippen molar-refractivity contribution in [2.45, 2.75) is 0 Å². The second-order valence-electron chi connectivity index (χ2n) is 1.49. The SMILES string of the molecule is C=CCNCC=C.O=[P+](O)O. The predicted molar refractivity (Wildman–Crippen MR) is 45.3 cm³/mol. The Morgan fingerprint density at radius 3 is 1.73 bits per heavy atom. The molecule has 4 nitrogen and oxygen atoms in total. The van der Waals surface area contributed by atoms with Gasteiger partial charge in [-0.3, -0.25) is 0 Å². The highest BCUT2D eigenvalue weighted by Gasteiger charge is 1.93. The predicted octanol–water partition coefficient (Wildman–Crippen LogP) is 0.576. The Hall–Kier alpha value is -0.540. The third-order valence-corrected chi connectivity index (χ3v) is 0.577. The van der Waals surface area contributed by atoms with Crippen molar-refractivity contribution in [3.63, 3.8) is 0 Å². The standard InChI is InChI=1S/C6H11N.HO3P/c1-3-5-7-6-4-2;1-4(2)3/h3-4,7H,1-2,5-6H2;(H-,1,2,3)/p+1. The maximum atomic E-state index is 8.70. The van der Waals surface area contributed by atoms with Crippen LogP contribution in [0.25, 0.3) is 0 Å². The third-order valence-electron chi connectivity index (χ3n) is 0.577. The molecule has 0 aromatic rings. The zero-order chi connectivity index (χ0) is 9.11. The van der Waals surface area contributed by atoms with Crippen LogP contribution < -0.4 is 5.32 Å². The van der Waals surface area contributed by atoms with E-state index in [-0.39, 0.29) is 0 Å². The van der Waals surface area contributed by atoms with Gasteiger partial charge in [0.2, 0.25) is 0 Å². The number of hydrogen-bond donors (Lipinski definition) is 3. The van der Waals surface area contributed by atoms with Crippen LogP contribution in [-0.2, 0) is 4.57 Å². The van der Waals surface area contributed by atoms with Crippen LogP contribution in [0, 0.1) is 0 Å². The van der Waals surface area contributed by atoms with E-state index in [0.717, 1.165) is 13.1 Å². The first kappa shape index (κ1) is 13.1. The summed E-state index contributed by atoms with van der Waals surface area (Å²) in [5, 5.41) is 3.05. The van der Waals surface area contributed by atoms with Gasteiger partial charge in [0.25, 0.3) is 0 Å². The third kappa shape index (κ3) is 44.0. The van der Waals surface area contributed by atoms with Crippen LogP contribution in [0.3, 0.4) is 0 Å². The minimum atomic E-state index is -2.87. The molecular formula is C6H13NO3P+. The molecule has 0 spiro atoms. The van der Waals surface area contributed by atoms with E-state index in [1.807, 2.05) is 12.2 Å². The van der Waals surface area contributed by atoms with Gasteiger partial charge in [0.05, 0.1) is 0 Å². The van der Waals surface area contributed by atoms with E-state index in [0.29, 0.717) is 0 Å². The van der Waals surface area contributed by atoms with Crippen molar-refractivity contribution in [3.05, 3.63) is 25.3 Å². The fourth-order valence-corrected chi connectivity index (χ4v) is 0.287. The van der Waals surface area contributed by atoms with E-state index in [1.165, 1.54) is 0 Å². The average Bonchev–Trinajstić information content (AvgIpc) is 1.88. The first-order chi connectivity index (χ1) is 5.15. The fourth-order valence-electron chi connectivity index (χ4n) is 0.287. The average molecular weight is 178 g/mol. The molecule has 0 atom stereocenters. The van der Waals surface area contributed by atoms with Crippen molar-refractivity contribution in [2.24, 2.45) is 0 Å². The quantitative estimate of drug-likeness (QED) is 0.334. The molecular weight excluding hydrogens is 165 g/mol. The summed E-state index contributed by atoms with van der Waals surface area (Å²) in [5.74, 6) is 0. The summed E-state index contributed by atoms with van der Waals surface area (Å²) in [4.78, 5) is 14.2. The van der Waals surface area contributed by atoms with Crippen LogP contribution in [0.2, 0.25) is 0 Å². The van der Waals surface area contributed by atoms with E-state index < -0.39 is 8.25 Å². The van der Waals surface area contributed by atoms with Crippen molar-refractivity contribution in [3.8, 4) is 0 Å². The van der Waals surface area contributed by atoms with Crippen molar-refractivity contribution < 1.29 is 14.4 Å². The Morgan fingerprint density at radius 2 is 1.55 bits per heavy atom. The lowest BCUT2D eigenvalue weighted by molar-refractivity contribution is 0.405. The highest BCUT2D eigenvalue weighted by atomic mass is 31.1. The molecule has 0 aliphatic rings. The zero-order valence-corrected chi connectivity index (χ0v) is 7.13. The van der Waals surface area contributed by atoms with Crippen molar-refractivity contribution in [1.82, 2.24) is 5.32 Å². The summed E-state index contributed by atoms with van der Waals surface area (Å²) in [7, 11) is -2.87. The van der Waals surface area contributed by atoms with Gasteiger partial charge >= 0.3 is 8.25 Å². The highest BCUT2D eigenvalue weighted by Crippen LogP contribution is 1.98. The van der Waals surface area contributed by atoms with E-state index in [1.54, 1.807) is 0 Å². The summed E-state index contributed by atoms with van der Waals surface area (Å²) in [6.07, 6.45) is 3.65. The van der Waals surface area contributed by atoms with Gasteiger partial charge in [0, 0.05) is 17.7 Å². The monoisotopic (exact) mass is 178 g/mol. The Kier molecular flexibility index (Phi) is 14.5. The summed E-state index contributed by atoms with van der Waals surface area (Å²) >= 11 is 0. The maximum absolute atomic E-state index is 8.70. The summed E-state index contributed by atoms with van der Waals surface area (Å²) in [6, 6.07) is 0. The van der Waals surface area contributed by atoms with Gasteiger partial charge in [-0.2, -0.15) is 0 Å². The number of rotatable bonds is 4. The van der Waals surface area contributed by atoms with E-state index >= 15 is 0 Å². The van der Waals surface area contributed by atoms with E-state index in [4.69, 9.17) is 14.4 Å². The first-order valence-corrected chi connectivity index (χ1v) is 4.09. The molecule has 0 amide bonds. The second kappa shape index (κ2) is 12.2. The molecule has 0 saturated carbocycles. The van der Waals surface area contributed by atoms with E-state index in [2.05, 4.69) is 18.5 Å². The molecule has 5 heteroatoms. The Balaban J connectivity index is 0. The molecule has 0 saturated heterocycles. The molecule has 64 valence electrons. The lowest BCUT2D eigenvalue weighted by Crippen LogP contribution is -2.11. The molecule has 0 radical (unpaired) electrons. The first-order valence-electron chi connectivity index (χ1n) is 2.92. The summed E-state index contributed by atoms with van der Waals surface area (Å²) in [5.41, 5.74) is 0. The molecule has 0 bridgehead atoms. The highest BCUT2D eigenvalue weighted by molar-refractivity contribution is 7.30. The van der Waals surface area contributed by atoms with Gasteiger partial charge in [-0.1, -0.05) is 12.2 Å². The van der Waals surface area contributed by atoms with Gasteiger partial charge < -0.3 is 5.32 Å². The van der Waals surface area contributed by atoms with Crippen LogP contribution in [0.5, 0.6) is 0 Å². The molecule has 0 aliphatic carbocycles. The molecule has 0 heterocycles. The molecule has 0 aliphatic heterocycles. The number of nitrogens with one attached hydrogen (secondary N) is 1.